The lowest BCUT2D eigenvalue weighted by Crippen LogP contribution is -2.65. The molecule has 3 rings (SSSR count). The second-order valence-corrected chi connectivity index (χ2v) is 8.69. The van der Waals surface area contributed by atoms with E-state index in [1.807, 2.05) is 23.6 Å². The van der Waals surface area contributed by atoms with Gasteiger partial charge in [0.05, 0.1) is 11.6 Å². The highest BCUT2D eigenvalue weighted by molar-refractivity contribution is 5.79. The maximum Gasteiger partial charge on any atom is 0.225 e. The topological polar surface area (TPSA) is 70.1 Å². The van der Waals surface area contributed by atoms with Crippen LogP contribution in [0, 0.1) is 11.3 Å². The number of hydrogen-bond donors (Lipinski definition) is 1. The van der Waals surface area contributed by atoms with Crippen molar-refractivity contribution in [3.63, 3.8) is 0 Å². The molecule has 0 aliphatic carbocycles. The summed E-state index contributed by atoms with van der Waals surface area (Å²) in [5.41, 5.74) is -0.584. The van der Waals surface area contributed by atoms with Crippen LogP contribution < -0.4 is 0 Å². The maximum atomic E-state index is 12.7. The fraction of sp³-hybridized carbons (Fsp3) is 0.895. The Hall–Kier alpha value is -1.14. The third-order valence-corrected chi connectivity index (χ3v) is 6.72. The third kappa shape index (κ3) is 3.56. The van der Waals surface area contributed by atoms with Gasteiger partial charge in [0.25, 0.3) is 0 Å². The summed E-state index contributed by atoms with van der Waals surface area (Å²) < 4.78 is 5.36. The van der Waals surface area contributed by atoms with Crippen LogP contribution in [0.25, 0.3) is 0 Å². The van der Waals surface area contributed by atoms with Crippen LogP contribution in [0.4, 0.5) is 0 Å². The summed E-state index contributed by atoms with van der Waals surface area (Å²) in [6, 6.07) is 0. The number of aliphatic hydroxyl groups is 1. The van der Waals surface area contributed by atoms with E-state index in [-0.39, 0.29) is 23.1 Å². The highest BCUT2D eigenvalue weighted by Gasteiger charge is 2.50. The van der Waals surface area contributed by atoms with E-state index in [9.17, 15) is 14.7 Å². The molecular weight excluding hydrogens is 320 g/mol. The standard InChI is InChI=1S/C19H32N2O4/c1-14(22)21-13-19(12-16(23)18(21,2)3)6-8-20(9-7-19)17(24)15-4-10-25-11-5-15/h15-16,23H,4-13H2,1-3H3. The van der Waals surface area contributed by atoms with Crippen LogP contribution in [-0.2, 0) is 14.3 Å². The van der Waals surface area contributed by atoms with Gasteiger partial charge >= 0.3 is 0 Å². The second-order valence-electron chi connectivity index (χ2n) is 8.69. The molecule has 1 N–H and O–H groups in total. The van der Waals surface area contributed by atoms with Crippen molar-refractivity contribution in [1.82, 2.24) is 9.80 Å². The van der Waals surface area contributed by atoms with Crippen LogP contribution >= 0.6 is 0 Å². The number of amides is 2. The lowest BCUT2D eigenvalue weighted by Gasteiger charge is -2.56. The zero-order valence-electron chi connectivity index (χ0n) is 15.8. The Labute approximate surface area is 150 Å². The number of carbonyl (C=O) groups excluding carboxylic acids is 2. The van der Waals surface area contributed by atoms with Crippen molar-refractivity contribution in [2.75, 3.05) is 32.8 Å². The SMILES string of the molecule is CC(=O)N1CC2(CCN(C(=O)C3CCOCC3)CC2)CC(O)C1(C)C. The first kappa shape index (κ1) is 18.6. The van der Waals surface area contributed by atoms with Crippen molar-refractivity contribution in [2.45, 2.75) is 64.5 Å². The predicted molar refractivity (Wildman–Crippen MR) is 93.9 cm³/mol. The van der Waals surface area contributed by atoms with E-state index >= 15 is 0 Å². The first-order chi connectivity index (χ1) is 11.8. The van der Waals surface area contributed by atoms with Crippen LogP contribution in [0.1, 0.15) is 52.9 Å². The van der Waals surface area contributed by atoms with Gasteiger partial charge in [0.2, 0.25) is 11.8 Å². The minimum absolute atomic E-state index is 0.0174. The molecule has 3 fully saturated rings. The molecular formula is C19H32N2O4. The summed E-state index contributed by atoms with van der Waals surface area (Å²) in [7, 11) is 0. The summed E-state index contributed by atoms with van der Waals surface area (Å²) in [6.07, 6.45) is 3.56. The molecule has 3 saturated heterocycles. The Bertz CT molecular complexity index is 520. The average molecular weight is 352 g/mol. The number of carbonyl (C=O) groups is 2. The van der Waals surface area contributed by atoms with E-state index in [4.69, 9.17) is 4.74 Å². The van der Waals surface area contributed by atoms with Gasteiger partial charge in [0.1, 0.15) is 0 Å². The van der Waals surface area contributed by atoms with Crippen LogP contribution in [0.3, 0.4) is 0 Å². The number of aliphatic hydroxyl groups excluding tert-OH is 1. The quantitative estimate of drug-likeness (QED) is 0.775. The minimum atomic E-state index is -0.525. The molecule has 6 heteroatoms. The van der Waals surface area contributed by atoms with Gasteiger partial charge in [-0.1, -0.05) is 0 Å². The molecule has 0 bridgehead atoms. The van der Waals surface area contributed by atoms with E-state index in [0.29, 0.717) is 26.2 Å². The summed E-state index contributed by atoms with van der Waals surface area (Å²) in [5, 5.41) is 10.7. The molecule has 0 aromatic carbocycles. The molecule has 3 heterocycles. The summed E-state index contributed by atoms with van der Waals surface area (Å²) in [5.74, 6) is 0.384. The van der Waals surface area contributed by atoms with Gasteiger partial charge in [-0.2, -0.15) is 0 Å². The van der Waals surface area contributed by atoms with Crippen molar-refractivity contribution in [3.05, 3.63) is 0 Å². The van der Waals surface area contributed by atoms with Crippen LogP contribution in [-0.4, -0.2) is 71.2 Å². The van der Waals surface area contributed by atoms with Gasteiger partial charge in [0, 0.05) is 45.7 Å². The molecule has 0 saturated carbocycles. The van der Waals surface area contributed by atoms with Gasteiger partial charge in [0.15, 0.2) is 0 Å². The average Bonchev–Trinajstić information content (AvgIpc) is 2.59. The van der Waals surface area contributed by atoms with Crippen molar-refractivity contribution >= 4 is 11.8 Å². The number of hydrogen-bond acceptors (Lipinski definition) is 4. The molecule has 1 spiro atoms. The van der Waals surface area contributed by atoms with Crippen molar-refractivity contribution in [1.29, 1.82) is 0 Å². The van der Waals surface area contributed by atoms with Crippen LogP contribution in [0.15, 0.2) is 0 Å². The lowest BCUT2D eigenvalue weighted by molar-refractivity contribution is -0.160. The van der Waals surface area contributed by atoms with Crippen LogP contribution in [0.2, 0.25) is 0 Å². The Balaban J connectivity index is 1.64. The molecule has 0 radical (unpaired) electrons. The van der Waals surface area contributed by atoms with E-state index in [1.54, 1.807) is 6.92 Å². The summed E-state index contributed by atoms with van der Waals surface area (Å²) >= 11 is 0. The van der Waals surface area contributed by atoms with E-state index < -0.39 is 11.6 Å². The Morgan fingerprint density at radius 2 is 1.72 bits per heavy atom. The van der Waals surface area contributed by atoms with Gasteiger partial charge in [-0.05, 0) is 51.4 Å². The normalized spacial score (nSPS) is 29.7. The van der Waals surface area contributed by atoms with Crippen molar-refractivity contribution in [2.24, 2.45) is 11.3 Å². The Morgan fingerprint density at radius 1 is 1.12 bits per heavy atom. The molecule has 3 aliphatic heterocycles. The lowest BCUT2D eigenvalue weighted by atomic mass is 9.67. The Morgan fingerprint density at radius 3 is 2.28 bits per heavy atom. The van der Waals surface area contributed by atoms with Gasteiger partial charge in [-0.25, -0.2) is 0 Å². The van der Waals surface area contributed by atoms with Crippen LogP contribution in [0.5, 0.6) is 0 Å². The predicted octanol–water partition coefficient (Wildman–Crippen LogP) is 1.41. The summed E-state index contributed by atoms with van der Waals surface area (Å²) in [4.78, 5) is 28.6. The fourth-order valence-corrected chi connectivity index (χ4v) is 4.73. The van der Waals surface area contributed by atoms with Crippen molar-refractivity contribution < 1.29 is 19.4 Å². The number of ether oxygens (including phenoxy) is 1. The molecule has 0 aromatic heterocycles. The Kier molecular flexibility index (Phi) is 5.13. The van der Waals surface area contributed by atoms with E-state index in [0.717, 1.165) is 38.8 Å². The molecule has 142 valence electrons. The zero-order chi connectivity index (χ0) is 18.2. The second kappa shape index (κ2) is 6.88. The first-order valence-electron chi connectivity index (χ1n) is 9.58. The van der Waals surface area contributed by atoms with Gasteiger partial charge in [-0.3, -0.25) is 9.59 Å². The number of rotatable bonds is 1. The molecule has 2 amide bonds. The molecule has 6 nitrogen and oxygen atoms in total. The zero-order valence-corrected chi connectivity index (χ0v) is 15.8. The first-order valence-corrected chi connectivity index (χ1v) is 9.58. The van der Waals surface area contributed by atoms with Gasteiger partial charge in [-0.15, -0.1) is 0 Å². The highest BCUT2D eigenvalue weighted by Crippen LogP contribution is 2.45. The molecule has 0 aromatic rings. The van der Waals surface area contributed by atoms with E-state index in [1.165, 1.54) is 0 Å². The minimum Gasteiger partial charge on any atom is -0.391 e. The number of nitrogens with zero attached hydrogens (tertiary/aromatic N) is 2. The smallest absolute Gasteiger partial charge is 0.225 e. The molecule has 1 unspecified atom stereocenters. The third-order valence-electron chi connectivity index (χ3n) is 6.72. The fourth-order valence-electron chi connectivity index (χ4n) is 4.73. The summed E-state index contributed by atoms with van der Waals surface area (Å²) in [6.45, 7) is 8.98. The van der Waals surface area contributed by atoms with E-state index in [2.05, 4.69) is 0 Å². The number of piperidine rings is 2. The highest BCUT2D eigenvalue weighted by atomic mass is 16.5. The molecule has 3 aliphatic rings. The molecule has 1 atom stereocenters. The largest absolute Gasteiger partial charge is 0.391 e. The molecule has 25 heavy (non-hydrogen) atoms. The maximum absolute atomic E-state index is 12.7. The number of likely N-dealkylation sites (tertiary alicyclic amines) is 2. The van der Waals surface area contributed by atoms with Gasteiger partial charge < -0.3 is 19.6 Å². The van der Waals surface area contributed by atoms with Crippen molar-refractivity contribution in [3.8, 4) is 0 Å². The monoisotopic (exact) mass is 352 g/mol.